The van der Waals surface area contributed by atoms with E-state index in [9.17, 15) is 4.79 Å². The summed E-state index contributed by atoms with van der Waals surface area (Å²) in [6.07, 6.45) is 1.68. The number of nitrogens with zero attached hydrogens (tertiary/aromatic N) is 2. The van der Waals surface area contributed by atoms with Crippen molar-refractivity contribution in [1.82, 2.24) is 9.97 Å². The Bertz CT molecular complexity index is 826. The number of carbonyl (C=O) groups excluding carboxylic acids is 1. The van der Waals surface area contributed by atoms with E-state index < -0.39 is 0 Å². The minimum absolute atomic E-state index is 0.133. The third-order valence-corrected chi connectivity index (χ3v) is 3.47. The number of oxazole rings is 1. The predicted octanol–water partition coefficient (Wildman–Crippen LogP) is 3.23. The number of ether oxygens (including phenoxy) is 1. The summed E-state index contributed by atoms with van der Waals surface area (Å²) in [6.45, 7) is 1.80. The monoisotopic (exact) mass is 323 g/mol. The van der Waals surface area contributed by atoms with Crippen molar-refractivity contribution in [3.63, 3.8) is 0 Å². The zero-order valence-electron chi connectivity index (χ0n) is 13.4. The number of hydrogen-bond donors (Lipinski definition) is 1. The van der Waals surface area contributed by atoms with Crippen LogP contribution in [-0.4, -0.2) is 23.0 Å². The van der Waals surface area contributed by atoms with Crippen LogP contribution in [0.4, 0.5) is 5.69 Å². The van der Waals surface area contributed by atoms with Crippen molar-refractivity contribution in [2.45, 2.75) is 13.3 Å². The van der Waals surface area contributed by atoms with Crippen molar-refractivity contribution < 1.29 is 13.9 Å². The molecule has 0 aliphatic carbocycles. The van der Waals surface area contributed by atoms with Crippen molar-refractivity contribution in [2.24, 2.45) is 0 Å². The molecule has 0 aliphatic rings. The van der Waals surface area contributed by atoms with Crippen LogP contribution in [0.5, 0.6) is 5.88 Å². The summed E-state index contributed by atoms with van der Waals surface area (Å²) < 4.78 is 10.6. The smallest absolute Gasteiger partial charge is 0.230 e. The first-order chi connectivity index (χ1) is 11.7. The van der Waals surface area contributed by atoms with E-state index in [1.807, 2.05) is 30.3 Å². The number of hydrogen-bond acceptors (Lipinski definition) is 5. The first-order valence-electron chi connectivity index (χ1n) is 7.47. The van der Waals surface area contributed by atoms with Gasteiger partial charge in [-0.05, 0) is 25.1 Å². The average molecular weight is 323 g/mol. The molecule has 0 unspecified atom stereocenters. The molecule has 6 nitrogen and oxygen atoms in total. The van der Waals surface area contributed by atoms with Gasteiger partial charge in [-0.15, -0.1) is 0 Å². The van der Waals surface area contributed by atoms with Crippen LogP contribution in [0, 0.1) is 6.92 Å². The predicted molar refractivity (Wildman–Crippen MR) is 89.8 cm³/mol. The summed E-state index contributed by atoms with van der Waals surface area (Å²) in [6, 6.07) is 13.0. The fourth-order valence-electron chi connectivity index (χ4n) is 2.23. The SMILES string of the molecule is COc1ccc(NC(=O)Cc2nc(-c3ccccc3)oc2C)cn1. The second-order valence-electron chi connectivity index (χ2n) is 5.20. The molecule has 2 aromatic heterocycles. The fraction of sp³-hybridized carbons (Fsp3) is 0.167. The highest BCUT2D eigenvalue weighted by Crippen LogP contribution is 2.22. The number of benzene rings is 1. The molecule has 0 saturated carbocycles. The fourth-order valence-corrected chi connectivity index (χ4v) is 2.23. The summed E-state index contributed by atoms with van der Waals surface area (Å²) in [5.74, 6) is 1.46. The molecule has 1 aromatic carbocycles. The largest absolute Gasteiger partial charge is 0.481 e. The summed E-state index contributed by atoms with van der Waals surface area (Å²) in [7, 11) is 1.54. The van der Waals surface area contributed by atoms with Gasteiger partial charge in [0.25, 0.3) is 0 Å². The normalized spacial score (nSPS) is 10.4. The third-order valence-electron chi connectivity index (χ3n) is 3.47. The van der Waals surface area contributed by atoms with Gasteiger partial charge in [-0.1, -0.05) is 18.2 Å². The maximum atomic E-state index is 12.2. The van der Waals surface area contributed by atoms with Gasteiger partial charge in [-0.3, -0.25) is 4.79 Å². The van der Waals surface area contributed by atoms with Crippen LogP contribution in [0.1, 0.15) is 11.5 Å². The van der Waals surface area contributed by atoms with E-state index in [-0.39, 0.29) is 12.3 Å². The van der Waals surface area contributed by atoms with Crippen molar-refractivity contribution in [1.29, 1.82) is 0 Å². The Morgan fingerprint density at radius 1 is 1.21 bits per heavy atom. The van der Waals surface area contributed by atoms with Gasteiger partial charge in [0, 0.05) is 11.6 Å². The quantitative estimate of drug-likeness (QED) is 0.780. The van der Waals surface area contributed by atoms with Gasteiger partial charge < -0.3 is 14.5 Å². The Hall–Kier alpha value is -3.15. The van der Waals surface area contributed by atoms with Gasteiger partial charge in [0.15, 0.2) is 0 Å². The van der Waals surface area contributed by atoms with Gasteiger partial charge in [0.2, 0.25) is 17.7 Å². The summed E-state index contributed by atoms with van der Waals surface area (Å²) >= 11 is 0. The Balaban J connectivity index is 1.69. The van der Waals surface area contributed by atoms with Crippen LogP contribution in [0.15, 0.2) is 53.1 Å². The molecule has 0 fully saturated rings. The number of carbonyl (C=O) groups is 1. The lowest BCUT2D eigenvalue weighted by atomic mass is 10.2. The van der Waals surface area contributed by atoms with Crippen LogP contribution in [-0.2, 0) is 11.2 Å². The molecule has 0 atom stereocenters. The molecule has 24 heavy (non-hydrogen) atoms. The molecule has 0 radical (unpaired) electrons. The van der Waals surface area contributed by atoms with Gasteiger partial charge >= 0.3 is 0 Å². The Kier molecular flexibility index (Phi) is 4.56. The van der Waals surface area contributed by atoms with Gasteiger partial charge in [-0.2, -0.15) is 0 Å². The van der Waals surface area contributed by atoms with E-state index in [1.54, 1.807) is 25.3 Å². The lowest BCUT2D eigenvalue weighted by Crippen LogP contribution is -2.15. The Morgan fingerprint density at radius 2 is 2.00 bits per heavy atom. The highest BCUT2D eigenvalue weighted by Gasteiger charge is 2.14. The number of methoxy groups -OCH3 is 1. The number of amides is 1. The van der Waals surface area contributed by atoms with Crippen LogP contribution in [0.3, 0.4) is 0 Å². The molecular weight excluding hydrogens is 306 g/mol. The number of aryl methyl sites for hydroxylation is 1. The maximum absolute atomic E-state index is 12.2. The molecule has 1 amide bonds. The van der Waals surface area contributed by atoms with E-state index in [2.05, 4.69) is 15.3 Å². The summed E-state index contributed by atoms with van der Waals surface area (Å²) in [4.78, 5) is 20.7. The van der Waals surface area contributed by atoms with E-state index in [1.165, 1.54) is 7.11 Å². The summed E-state index contributed by atoms with van der Waals surface area (Å²) in [5, 5.41) is 2.78. The van der Waals surface area contributed by atoms with Crippen LogP contribution in [0.25, 0.3) is 11.5 Å². The Morgan fingerprint density at radius 3 is 2.67 bits per heavy atom. The first kappa shape index (κ1) is 15.7. The van der Waals surface area contributed by atoms with E-state index >= 15 is 0 Å². The number of rotatable bonds is 5. The highest BCUT2D eigenvalue weighted by atomic mass is 16.5. The molecule has 3 aromatic rings. The molecule has 2 heterocycles. The molecule has 0 bridgehead atoms. The van der Waals surface area contributed by atoms with Crippen molar-refractivity contribution in [2.75, 3.05) is 12.4 Å². The standard InChI is InChI=1S/C18H17N3O3/c1-12-15(21-18(24-12)13-6-4-3-5-7-13)10-16(22)20-14-8-9-17(23-2)19-11-14/h3-9,11H,10H2,1-2H3,(H,20,22). The average Bonchev–Trinajstić information content (AvgIpc) is 2.97. The van der Waals surface area contributed by atoms with Gasteiger partial charge in [-0.25, -0.2) is 9.97 Å². The molecule has 1 N–H and O–H groups in total. The first-order valence-corrected chi connectivity index (χ1v) is 7.47. The van der Waals surface area contributed by atoms with Crippen LogP contribution >= 0.6 is 0 Å². The molecular formula is C18H17N3O3. The van der Waals surface area contributed by atoms with Gasteiger partial charge in [0.1, 0.15) is 5.76 Å². The van der Waals surface area contributed by atoms with Gasteiger partial charge in [0.05, 0.1) is 31.1 Å². The lowest BCUT2D eigenvalue weighted by molar-refractivity contribution is -0.115. The second-order valence-corrected chi connectivity index (χ2v) is 5.20. The molecule has 0 saturated heterocycles. The Labute approximate surface area is 139 Å². The minimum Gasteiger partial charge on any atom is -0.481 e. The lowest BCUT2D eigenvalue weighted by Gasteiger charge is -2.04. The highest BCUT2D eigenvalue weighted by molar-refractivity contribution is 5.92. The van der Waals surface area contributed by atoms with Crippen molar-refractivity contribution >= 4 is 11.6 Å². The molecule has 6 heteroatoms. The topological polar surface area (TPSA) is 77.2 Å². The molecule has 122 valence electrons. The second kappa shape index (κ2) is 6.95. The van der Waals surface area contributed by atoms with E-state index in [4.69, 9.17) is 9.15 Å². The summed E-state index contributed by atoms with van der Waals surface area (Å²) in [5.41, 5.74) is 2.10. The van der Waals surface area contributed by atoms with Crippen molar-refractivity contribution in [3.05, 3.63) is 60.1 Å². The van der Waals surface area contributed by atoms with E-state index in [0.29, 0.717) is 28.9 Å². The van der Waals surface area contributed by atoms with Crippen LogP contribution < -0.4 is 10.1 Å². The van der Waals surface area contributed by atoms with Crippen LogP contribution in [0.2, 0.25) is 0 Å². The minimum atomic E-state index is -0.182. The van der Waals surface area contributed by atoms with E-state index in [0.717, 1.165) is 5.56 Å². The number of aromatic nitrogens is 2. The molecule has 0 spiro atoms. The number of anilines is 1. The number of pyridine rings is 1. The van der Waals surface area contributed by atoms with Crippen molar-refractivity contribution in [3.8, 4) is 17.3 Å². The zero-order valence-corrected chi connectivity index (χ0v) is 13.4. The zero-order chi connectivity index (χ0) is 16.9. The molecule has 3 rings (SSSR count). The number of nitrogens with one attached hydrogen (secondary N) is 1. The maximum Gasteiger partial charge on any atom is 0.230 e. The third kappa shape index (κ3) is 3.60. The molecule has 0 aliphatic heterocycles.